The number of hydrogen-bond acceptors (Lipinski definition) is 3. The van der Waals surface area contributed by atoms with E-state index < -0.39 is 18.4 Å². The molecule has 0 bridgehead atoms. The first-order chi connectivity index (χ1) is 9.52. The van der Waals surface area contributed by atoms with Gasteiger partial charge in [-0.25, -0.2) is 0 Å². The van der Waals surface area contributed by atoms with E-state index in [1.165, 1.54) is 6.07 Å². The van der Waals surface area contributed by atoms with Gasteiger partial charge in [0.15, 0.2) is 5.43 Å². The standard InChI is InChI=1S/C14H14N2O4/c1-2-16(8-13(18)19)14(20)11-7-12(17)9-5-3-4-6-10(9)15-11/h3-7H,2,8H2,1H3,(H,15,17)(H,18,19). The second-order valence-electron chi connectivity index (χ2n) is 4.31. The predicted molar refractivity (Wildman–Crippen MR) is 73.8 cm³/mol. The van der Waals surface area contributed by atoms with Gasteiger partial charge in [-0.05, 0) is 19.1 Å². The van der Waals surface area contributed by atoms with Crippen molar-refractivity contribution >= 4 is 22.8 Å². The zero-order valence-corrected chi connectivity index (χ0v) is 10.9. The molecule has 0 saturated carbocycles. The Labute approximate surface area is 114 Å². The molecular weight excluding hydrogens is 260 g/mol. The number of aliphatic carboxylic acids is 1. The van der Waals surface area contributed by atoms with Crippen molar-refractivity contribution in [1.29, 1.82) is 0 Å². The summed E-state index contributed by atoms with van der Waals surface area (Å²) in [7, 11) is 0. The van der Waals surface area contributed by atoms with Gasteiger partial charge in [0.1, 0.15) is 12.2 Å². The Balaban J connectivity index is 2.44. The van der Waals surface area contributed by atoms with Gasteiger partial charge in [0.05, 0.1) is 0 Å². The number of nitrogens with one attached hydrogen (secondary N) is 1. The average molecular weight is 274 g/mol. The fourth-order valence-electron chi connectivity index (χ4n) is 1.97. The quantitative estimate of drug-likeness (QED) is 0.872. The molecule has 0 saturated heterocycles. The van der Waals surface area contributed by atoms with E-state index in [9.17, 15) is 14.4 Å². The Morgan fingerprint density at radius 3 is 2.65 bits per heavy atom. The summed E-state index contributed by atoms with van der Waals surface area (Å²) in [5.41, 5.74) is 0.376. The lowest BCUT2D eigenvalue weighted by atomic mass is 10.2. The summed E-state index contributed by atoms with van der Waals surface area (Å²) in [6, 6.07) is 8.05. The molecule has 2 aromatic rings. The van der Waals surface area contributed by atoms with Crippen molar-refractivity contribution in [3.63, 3.8) is 0 Å². The number of rotatable bonds is 4. The van der Waals surface area contributed by atoms with Crippen LogP contribution in [0.5, 0.6) is 0 Å². The van der Waals surface area contributed by atoms with Crippen LogP contribution in [0.2, 0.25) is 0 Å². The summed E-state index contributed by atoms with van der Waals surface area (Å²) in [6.45, 7) is 1.53. The van der Waals surface area contributed by atoms with E-state index in [1.54, 1.807) is 31.2 Å². The third-order valence-electron chi connectivity index (χ3n) is 2.96. The molecule has 0 aliphatic rings. The Bertz CT molecular complexity index is 720. The molecule has 0 aliphatic carbocycles. The molecule has 0 spiro atoms. The lowest BCUT2D eigenvalue weighted by Gasteiger charge is -2.18. The molecule has 1 amide bonds. The van der Waals surface area contributed by atoms with Gasteiger partial charge in [-0.3, -0.25) is 14.4 Å². The number of fused-ring (bicyclic) bond motifs is 1. The number of para-hydroxylation sites is 1. The number of aromatic nitrogens is 1. The first kappa shape index (κ1) is 13.8. The number of carbonyl (C=O) groups excluding carboxylic acids is 1. The number of amides is 1. The van der Waals surface area contributed by atoms with E-state index in [0.29, 0.717) is 10.9 Å². The van der Waals surface area contributed by atoms with E-state index in [2.05, 4.69) is 4.98 Å². The van der Waals surface area contributed by atoms with Gasteiger partial charge in [0, 0.05) is 23.5 Å². The summed E-state index contributed by atoms with van der Waals surface area (Å²) >= 11 is 0. The Hall–Kier alpha value is -2.63. The molecule has 0 atom stereocenters. The van der Waals surface area contributed by atoms with Crippen molar-refractivity contribution in [2.24, 2.45) is 0 Å². The molecule has 2 N–H and O–H groups in total. The minimum Gasteiger partial charge on any atom is -0.480 e. The molecule has 6 heteroatoms. The molecule has 104 valence electrons. The van der Waals surface area contributed by atoms with Crippen LogP contribution in [0.4, 0.5) is 0 Å². The van der Waals surface area contributed by atoms with Gasteiger partial charge in [0.2, 0.25) is 0 Å². The monoisotopic (exact) mass is 274 g/mol. The zero-order chi connectivity index (χ0) is 14.7. The van der Waals surface area contributed by atoms with E-state index in [4.69, 9.17) is 5.11 Å². The normalized spacial score (nSPS) is 10.4. The summed E-state index contributed by atoms with van der Waals surface area (Å²) in [5, 5.41) is 9.26. The average Bonchev–Trinajstić information content (AvgIpc) is 2.43. The summed E-state index contributed by atoms with van der Waals surface area (Å²) in [6.07, 6.45) is 0. The number of carboxylic acid groups (broad SMARTS) is 1. The van der Waals surface area contributed by atoms with E-state index in [-0.39, 0.29) is 17.7 Å². The van der Waals surface area contributed by atoms with E-state index >= 15 is 0 Å². The number of carboxylic acids is 1. The summed E-state index contributed by atoms with van der Waals surface area (Å²) < 4.78 is 0. The van der Waals surface area contributed by atoms with Crippen LogP contribution in [0.25, 0.3) is 10.9 Å². The minimum atomic E-state index is -1.09. The molecule has 0 radical (unpaired) electrons. The van der Waals surface area contributed by atoms with Crippen molar-refractivity contribution in [1.82, 2.24) is 9.88 Å². The van der Waals surface area contributed by atoms with Crippen LogP contribution >= 0.6 is 0 Å². The number of aromatic amines is 1. The van der Waals surface area contributed by atoms with Crippen LogP contribution in [0, 0.1) is 0 Å². The van der Waals surface area contributed by atoms with Gasteiger partial charge >= 0.3 is 5.97 Å². The maximum absolute atomic E-state index is 12.2. The Morgan fingerprint density at radius 1 is 1.30 bits per heavy atom. The van der Waals surface area contributed by atoms with Crippen molar-refractivity contribution < 1.29 is 14.7 Å². The lowest BCUT2D eigenvalue weighted by molar-refractivity contribution is -0.137. The number of H-pyrrole nitrogens is 1. The number of likely N-dealkylation sites (N-methyl/N-ethyl adjacent to an activating group) is 1. The minimum absolute atomic E-state index is 0.0943. The fourth-order valence-corrected chi connectivity index (χ4v) is 1.97. The Kier molecular flexibility index (Phi) is 3.84. The topological polar surface area (TPSA) is 90.5 Å². The summed E-state index contributed by atoms with van der Waals surface area (Å²) in [5.74, 6) is -1.60. The van der Waals surface area contributed by atoms with Crippen molar-refractivity contribution in [3.05, 3.63) is 46.2 Å². The van der Waals surface area contributed by atoms with Gasteiger partial charge < -0.3 is 15.0 Å². The van der Waals surface area contributed by atoms with Gasteiger partial charge in [0.25, 0.3) is 5.91 Å². The van der Waals surface area contributed by atoms with Crippen LogP contribution in [0.3, 0.4) is 0 Å². The fraction of sp³-hybridized carbons (Fsp3) is 0.214. The third-order valence-corrected chi connectivity index (χ3v) is 2.96. The molecule has 6 nitrogen and oxygen atoms in total. The second-order valence-corrected chi connectivity index (χ2v) is 4.31. The molecule has 0 aliphatic heterocycles. The highest BCUT2D eigenvalue weighted by atomic mass is 16.4. The third kappa shape index (κ3) is 2.69. The van der Waals surface area contributed by atoms with E-state index in [1.807, 2.05) is 0 Å². The van der Waals surface area contributed by atoms with Gasteiger partial charge in [-0.15, -0.1) is 0 Å². The lowest BCUT2D eigenvalue weighted by Crippen LogP contribution is -2.36. The van der Waals surface area contributed by atoms with Gasteiger partial charge in [-0.1, -0.05) is 12.1 Å². The molecule has 1 heterocycles. The van der Waals surface area contributed by atoms with Crippen LogP contribution in [-0.4, -0.2) is 40.0 Å². The highest BCUT2D eigenvalue weighted by Gasteiger charge is 2.18. The Morgan fingerprint density at radius 2 is 2.00 bits per heavy atom. The van der Waals surface area contributed by atoms with Crippen LogP contribution in [0.1, 0.15) is 17.4 Å². The molecule has 2 rings (SSSR count). The van der Waals surface area contributed by atoms with Gasteiger partial charge in [-0.2, -0.15) is 0 Å². The number of carbonyl (C=O) groups is 2. The predicted octanol–water partition coefficient (Wildman–Crippen LogP) is 1.07. The maximum atomic E-state index is 12.2. The molecular formula is C14H14N2O4. The molecule has 1 aromatic carbocycles. The first-order valence-electron chi connectivity index (χ1n) is 6.16. The maximum Gasteiger partial charge on any atom is 0.323 e. The second kappa shape index (κ2) is 5.56. The largest absolute Gasteiger partial charge is 0.480 e. The number of benzene rings is 1. The van der Waals surface area contributed by atoms with Crippen LogP contribution < -0.4 is 5.43 Å². The smallest absolute Gasteiger partial charge is 0.323 e. The molecule has 0 fully saturated rings. The first-order valence-corrected chi connectivity index (χ1v) is 6.16. The van der Waals surface area contributed by atoms with E-state index in [0.717, 1.165) is 4.90 Å². The van der Waals surface area contributed by atoms with Crippen molar-refractivity contribution in [3.8, 4) is 0 Å². The number of nitrogens with zero attached hydrogens (tertiary/aromatic N) is 1. The number of pyridine rings is 1. The SMILES string of the molecule is CCN(CC(=O)O)C(=O)c1cc(=O)c2ccccc2[nH]1. The molecule has 0 unspecified atom stereocenters. The summed E-state index contributed by atoms with van der Waals surface area (Å²) in [4.78, 5) is 38.9. The molecule has 20 heavy (non-hydrogen) atoms. The highest BCUT2D eigenvalue weighted by Crippen LogP contribution is 2.09. The van der Waals surface area contributed by atoms with Crippen molar-refractivity contribution in [2.75, 3.05) is 13.1 Å². The van der Waals surface area contributed by atoms with Crippen LogP contribution in [-0.2, 0) is 4.79 Å². The highest BCUT2D eigenvalue weighted by molar-refractivity contribution is 5.96. The van der Waals surface area contributed by atoms with Crippen molar-refractivity contribution in [2.45, 2.75) is 6.92 Å². The van der Waals surface area contributed by atoms with Crippen LogP contribution in [0.15, 0.2) is 35.1 Å². The number of hydrogen-bond donors (Lipinski definition) is 2. The molecule has 1 aromatic heterocycles. The zero-order valence-electron chi connectivity index (χ0n) is 10.9.